The summed E-state index contributed by atoms with van der Waals surface area (Å²) in [6, 6.07) is 22.7. The van der Waals surface area contributed by atoms with Gasteiger partial charge in [-0.3, -0.25) is 9.82 Å². The van der Waals surface area contributed by atoms with E-state index in [1.54, 1.807) is 7.11 Å². The van der Waals surface area contributed by atoms with Gasteiger partial charge >= 0.3 is 0 Å². The Morgan fingerprint density at radius 3 is 2.53 bits per heavy atom. The molecular weight excluding hydrogens is 400 g/mol. The van der Waals surface area contributed by atoms with Crippen LogP contribution in [-0.4, -0.2) is 50.4 Å². The van der Waals surface area contributed by atoms with E-state index in [0.717, 1.165) is 44.9 Å². The fourth-order valence-electron chi connectivity index (χ4n) is 3.48. The lowest BCUT2D eigenvalue weighted by Crippen LogP contribution is -2.32. The number of methoxy groups -OCH3 is 1. The molecule has 6 heteroatoms. The molecule has 0 bridgehead atoms. The molecule has 3 rings (SSSR count). The van der Waals surface area contributed by atoms with Crippen LogP contribution in [0.15, 0.2) is 79.1 Å². The highest BCUT2D eigenvalue weighted by Crippen LogP contribution is 2.16. The Balaban J connectivity index is 1.34. The van der Waals surface area contributed by atoms with Crippen molar-refractivity contribution in [1.29, 1.82) is 0 Å². The van der Waals surface area contributed by atoms with E-state index in [2.05, 4.69) is 57.7 Å². The quantitative estimate of drug-likeness (QED) is 0.304. The van der Waals surface area contributed by atoms with Crippen LogP contribution < -0.4 is 15.0 Å². The topological polar surface area (TPSA) is 49.9 Å². The summed E-state index contributed by atoms with van der Waals surface area (Å²) >= 11 is 0. The molecule has 2 aromatic carbocycles. The van der Waals surface area contributed by atoms with Crippen molar-refractivity contribution in [1.82, 2.24) is 15.4 Å². The van der Waals surface area contributed by atoms with Crippen molar-refractivity contribution in [3.05, 3.63) is 90.3 Å². The molecule has 1 heterocycles. The summed E-state index contributed by atoms with van der Waals surface area (Å²) in [5.74, 6) is 0.869. The Morgan fingerprint density at radius 2 is 1.75 bits per heavy atom. The molecule has 0 atom stereocenters. The SMILES string of the molecule is COc1cccc(CN(C)OCCCNCCN(Cc2cccnc2)c2ccccc2)c1. The van der Waals surface area contributed by atoms with Gasteiger partial charge in [-0.1, -0.05) is 36.4 Å². The Kier molecular flexibility index (Phi) is 9.99. The number of aromatic nitrogens is 1. The largest absolute Gasteiger partial charge is 0.497 e. The second kappa shape index (κ2) is 13.5. The number of ether oxygens (including phenoxy) is 1. The molecule has 1 aromatic heterocycles. The van der Waals surface area contributed by atoms with E-state index in [0.29, 0.717) is 6.61 Å². The Morgan fingerprint density at radius 1 is 0.906 bits per heavy atom. The normalized spacial score (nSPS) is 11.0. The number of hydrogen-bond donors (Lipinski definition) is 1. The fraction of sp³-hybridized carbons (Fsp3) is 0.346. The lowest BCUT2D eigenvalue weighted by molar-refractivity contribution is -0.147. The first-order valence-electron chi connectivity index (χ1n) is 11.1. The zero-order valence-corrected chi connectivity index (χ0v) is 19.1. The second-order valence-corrected chi connectivity index (χ2v) is 7.69. The molecule has 3 aromatic rings. The van der Waals surface area contributed by atoms with Gasteiger partial charge in [0.05, 0.1) is 13.7 Å². The summed E-state index contributed by atoms with van der Waals surface area (Å²) in [6.07, 6.45) is 4.70. The maximum absolute atomic E-state index is 5.83. The number of nitrogens with one attached hydrogen (secondary N) is 1. The number of nitrogens with zero attached hydrogens (tertiary/aromatic N) is 3. The number of pyridine rings is 1. The van der Waals surface area contributed by atoms with E-state index >= 15 is 0 Å². The standard InChI is InChI=1S/C26H34N4O2/c1-29(21-23-9-6-13-26(19-23)31-2)32-18-8-15-27-16-17-30(25-11-4-3-5-12-25)22-24-10-7-14-28-20-24/h3-7,9-14,19-20,27H,8,15-18,21-22H2,1-2H3. The highest BCUT2D eigenvalue weighted by Gasteiger charge is 2.07. The van der Waals surface area contributed by atoms with E-state index in [9.17, 15) is 0 Å². The monoisotopic (exact) mass is 434 g/mol. The van der Waals surface area contributed by atoms with Crippen LogP contribution in [-0.2, 0) is 17.9 Å². The van der Waals surface area contributed by atoms with Crippen molar-refractivity contribution in [2.75, 3.05) is 45.3 Å². The number of hydroxylamine groups is 2. The fourth-order valence-corrected chi connectivity index (χ4v) is 3.48. The van der Waals surface area contributed by atoms with Gasteiger partial charge < -0.3 is 15.0 Å². The summed E-state index contributed by atoms with van der Waals surface area (Å²) in [5.41, 5.74) is 3.60. The molecular formula is C26H34N4O2. The van der Waals surface area contributed by atoms with E-state index in [1.165, 1.54) is 16.8 Å². The Bertz CT molecular complexity index is 893. The molecule has 0 saturated carbocycles. The molecule has 170 valence electrons. The maximum atomic E-state index is 5.83. The van der Waals surface area contributed by atoms with Crippen LogP contribution >= 0.6 is 0 Å². The molecule has 0 amide bonds. The summed E-state index contributed by atoms with van der Waals surface area (Å²) in [4.78, 5) is 12.5. The van der Waals surface area contributed by atoms with Crippen LogP contribution in [0.25, 0.3) is 0 Å². The number of benzene rings is 2. The van der Waals surface area contributed by atoms with Crippen LogP contribution in [0.1, 0.15) is 17.5 Å². The van der Waals surface area contributed by atoms with Gasteiger partial charge in [0.2, 0.25) is 0 Å². The second-order valence-electron chi connectivity index (χ2n) is 7.69. The molecule has 0 aliphatic heterocycles. The zero-order chi connectivity index (χ0) is 22.4. The van der Waals surface area contributed by atoms with Crippen LogP contribution in [0.3, 0.4) is 0 Å². The molecule has 0 unspecified atom stereocenters. The van der Waals surface area contributed by atoms with Crippen molar-refractivity contribution in [2.24, 2.45) is 0 Å². The molecule has 0 radical (unpaired) electrons. The van der Waals surface area contributed by atoms with Crippen LogP contribution in [0.2, 0.25) is 0 Å². The van der Waals surface area contributed by atoms with Crippen LogP contribution in [0.4, 0.5) is 5.69 Å². The molecule has 0 spiro atoms. The van der Waals surface area contributed by atoms with Gasteiger partial charge in [0.15, 0.2) is 0 Å². The third kappa shape index (κ3) is 8.30. The highest BCUT2D eigenvalue weighted by molar-refractivity contribution is 5.46. The number of anilines is 1. The number of rotatable bonds is 14. The minimum Gasteiger partial charge on any atom is -0.497 e. The molecule has 0 aliphatic rings. The van der Waals surface area contributed by atoms with Crippen molar-refractivity contribution >= 4 is 5.69 Å². The van der Waals surface area contributed by atoms with E-state index in [1.807, 2.05) is 48.8 Å². The molecule has 0 saturated heterocycles. The van der Waals surface area contributed by atoms with E-state index < -0.39 is 0 Å². The third-order valence-electron chi connectivity index (χ3n) is 5.13. The van der Waals surface area contributed by atoms with Gasteiger partial charge in [0.1, 0.15) is 5.75 Å². The molecule has 6 nitrogen and oxygen atoms in total. The first-order valence-corrected chi connectivity index (χ1v) is 11.1. The van der Waals surface area contributed by atoms with Gasteiger partial charge in [0, 0.05) is 51.3 Å². The Labute approximate surface area is 191 Å². The predicted octanol–water partition coefficient (Wildman–Crippen LogP) is 4.14. The minimum absolute atomic E-state index is 0.686. The summed E-state index contributed by atoms with van der Waals surface area (Å²) in [5, 5.41) is 5.41. The summed E-state index contributed by atoms with van der Waals surface area (Å²) in [7, 11) is 3.65. The van der Waals surface area contributed by atoms with Crippen LogP contribution in [0, 0.1) is 0 Å². The number of para-hydroxylation sites is 1. The lowest BCUT2D eigenvalue weighted by atomic mass is 10.2. The van der Waals surface area contributed by atoms with Gasteiger partial charge in [0.25, 0.3) is 0 Å². The average Bonchev–Trinajstić information content (AvgIpc) is 2.84. The first-order chi connectivity index (χ1) is 15.7. The van der Waals surface area contributed by atoms with E-state index in [4.69, 9.17) is 9.57 Å². The van der Waals surface area contributed by atoms with Crippen molar-refractivity contribution in [3.8, 4) is 5.75 Å². The van der Waals surface area contributed by atoms with Crippen LogP contribution in [0.5, 0.6) is 5.75 Å². The molecule has 0 aliphatic carbocycles. The third-order valence-corrected chi connectivity index (χ3v) is 5.13. The van der Waals surface area contributed by atoms with Crippen molar-refractivity contribution < 1.29 is 9.57 Å². The van der Waals surface area contributed by atoms with Crippen molar-refractivity contribution in [3.63, 3.8) is 0 Å². The molecule has 0 fully saturated rings. The highest BCUT2D eigenvalue weighted by atomic mass is 16.7. The van der Waals surface area contributed by atoms with Gasteiger partial charge in [-0.2, -0.15) is 5.06 Å². The average molecular weight is 435 g/mol. The molecule has 1 N–H and O–H groups in total. The smallest absolute Gasteiger partial charge is 0.119 e. The Hall–Kier alpha value is -2.93. The minimum atomic E-state index is 0.686. The number of hydrogen-bond acceptors (Lipinski definition) is 6. The van der Waals surface area contributed by atoms with Gasteiger partial charge in [-0.15, -0.1) is 0 Å². The first kappa shape index (κ1) is 23.7. The maximum Gasteiger partial charge on any atom is 0.119 e. The van der Waals surface area contributed by atoms with Crippen molar-refractivity contribution in [2.45, 2.75) is 19.5 Å². The van der Waals surface area contributed by atoms with Gasteiger partial charge in [-0.05, 0) is 54.4 Å². The zero-order valence-electron chi connectivity index (χ0n) is 19.1. The summed E-state index contributed by atoms with van der Waals surface area (Å²) < 4.78 is 5.28. The predicted molar refractivity (Wildman–Crippen MR) is 130 cm³/mol. The molecule has 32 heavy (non-hydrogen) atoms. The summed E-state index contributed by atoms with van der Waals surface area (Å²) in [6.45, 7) is 5.01. The van der Waals surface area contributed by atoms with E-state index in [-0.39, 0.29) is 0 Å². The lowest BCUT2D eigenvalue weighted by Gasteiger charge is -2.25. The van der Waals surface area contributed by atoms with Gasteiger partial charge in [-0.25, -0.2) is 0 Å².